The smallest absolute Gasteiger partial charge is 0.126 e. The molecule has 0 fully saturated rings. The molecule has 0 aliphatic rings. The van der Waals surface area contributed by atoms with E-state index >= 15 is 0 Å². The van der Waals surface area contributed by atoms with E-state index < -0.39 is 0 Å². The van der Waals surface area contributed by atoms with Crippen LogP contribution in [0.3, 0.4) is 0 Å². The van der Waals surface area contributed by atoms with E-state index in [0.717, 1.165) is 11.3 Å². The summed E-state index contributed by atoms with van der Waals surface area (Å²) in [6, 6.07) is 1.79. The fraction of sp³-hybridized carbons (Fsp3) is 0.286. The van der Waals surface area contributed by atoms with Gasteiger partial charge in [-0.05, 0) is 6.07 Å². The lowest BCUT2D eigenvalue weighted by Gasteiger charge is -2.03. The van der Waals surface area contributed by atoms with E-state index in [2.05, 4.69) is 4.98 Å². The van der Waals surface area contributed by atoms with Crippen molar-refractivity contribution < 1.29 is 4.74 Å². The topological polar surface area (TPSA) is 48.1 Å². The summed E-state index contributed by atoms with van der Waals surface area (Å²) in [6.45, 7) is 0.469. The van der Waals surface area contributed by atoms with E-state index in [1.54, 1.807) is 25.6 Å². The van der Waals surface area contributed by atoms with Gasteiger partial charge in [-0.2, -0.15) is 0 Å². The number of rotatable bonds is 2. The number of nitrogens with zero attached hydrogens (tertiary/aromatic N) is 1. The molecule has 0 aliphatic heterocycles. The van der Waals surface area contributed by atoms with Crippen molar-refractivity contribution in [3.05, 3.63) is 24.0 Å². The van der Waals surface area contributed by atoms with E-state index in [9.17, 15) is 0 Å². The molecule has 1 aromatic rings. The van der Waals surface area contributed by atoms with Crippen molar-refractivity contribution in [3.8, 4) is 5.75 Å². The lowest BCUT2D eigenvalue weighted by molar-refractivity contribution is 0.409. The molecule has 0 atom stereocenters. The Morgan fingerprint density at radius 1 is 1.50 bits per heavy atom. The average molecular weight is 211 g/mol. The third-order valence-corrected chi connectivity index (χ3v) is 1.30. The average Bonchev–Trinajstić information content (AvgIpc) is 2.04. The molecule has 0 amide bonds. The molecule has 0 unspecified atom stereocenters. The Morgan fingerprint density at radius 3 is 2.58 bits per heavy atom. The van der Waals surface area contributed by atoms with Gasteiger partial charge in [0.2, 0.25) is 0 Å². The van der Waals surface area contributed by atoms with Crippen LogP contribution in [0.15, 0.2) is 18.5 Å². The van der Waals surface area contributed by atoms with Crippen LogP contribution in [0.4, 0.5) is 0 Å². The standard InChI is InChI=1S/C7H10N2O.2ClH/c1-10-7-2-3-9-5-6(7)4-8;;/h2-3,5H,4,8H2,1H3;2*1H. The zero-order valence-electron chi connectivity index (χ0n) is 6.69. The second kappa shape index (κ2) is 7.16. The predicted octanol–water partition coefficient (Wildman–Crippen LogP) is 1.39. The number of pyridine rings is 1. The summed E-state index contributed by atoms with van der Waals surface area (Å²) in [4.78, 5) is 3.90. The van der Waals surface area contributed by atoms with Crippen molar-refractivity contribution in [3.63, 3.8) is 0 Å². The Kier molecular flexibility index (Phi) is 8.37. The quantitative estimate of drug-likeness (QED) is 0.804. The Bertz CT molecular complexity index is 197. The van der Waals surface area contributed by atoms with Gasteiger partial charge in [0.15, 0.2) is 0 Å². The predicted molar refractivity (Wildman–Crippen MR) is 53.2 cm³/mol. The number of hydrogen-bond acceptors (Lipinski definition) is 3. The first-order valence-electron chi connectivity index (χ1n) is 3.05. The van der Waals surface area contributed by atoms with E-state index in [4.69, 9.17) is 10.5 Å². The molecule has 0 aliphatic carbocycles. The highest BCUT2D eigenvalue weighted by atomic mass is 35.5. The van der Waals surface area contributed by atoms with Crippen LogP contribution in [-0.2, 0) is 6.54 Å². The summed E-state index contributed by atoms with van der Waals surface area (Å²) in [7, 11) is 1.62. The van der Waals surface area contributed by atoms with Gasteiger partial charge in [0.1, 0.15) is 5.75 Å². The van der Waals surface area contributed by atoms with Crippen LogP contribution in [0.2, 0.25) is 0 Å². The Morgan fingerprint density at radius 2 is 2.17 bits per heavy atom. The number of halogens is 2. The monoisotopic (exact) mass is 210 g/mol. The lowest BCUT2D eigenvalue weighted by Crippen LogP contribution is -1.99. The molecule has 3 nitrogen and oxygen atoms in total. The summed E-state index contributed by atoms with van der Waals surface area (Å²) >= 11 is 0. The number of ether oxygens (including phenoxy) is 1. The summed E-state index contributed by atoms with van der Waals surface area (Å²) in [5.74, 6) is 0.803. The Balaban J connectivity index is 0. The van der Waals surface area contributed by atoms with Gasteiger partial charge in [-0.3, -0.25) is 4.98 Å². The number of aromatic nitrogens is 1. The van der Waals surface area contributed by atoms with Gasteiger partial charge in [0.05, 0.1) is 7.11 Å². The van der Waals surface area contributed by atoms with Crippen molar-refractivity contribution >= 4 is 24.8 Å². The molecule has 2 N–H and O–H groups in total. The van der Waals surface area contributed by atoms with Gasteiger partial charge in [-0.25, -0.2) is 0 Å². The molecular weight excluding hydrogens is 199 g/mol. The van der Waals surface area contributed by atoms with E-state index in [1.165, 1.54) is 0 Å². The molecule has 1 rings (SSSR count). The van der Waals surface area contributed by atoms with Gasteiger partial charge >= 0.3 is 0 Å². The number of nitrogens with two attached hydrogens (primary N) is 1. The molecule has 1 aromatic heterocycles. The van der Waals surface area contributed by atoms with Gasteiger partial charge in [-0.1, -0.05) is 0 Å². The minimum atomic E-state index is 0. The van der Waals surface area contributed by atoms with Crippen LogP contribution in [0, 0.1) is 0 Å². The fourth-order valence-electron chi connectivity index (χ4n) is 0.767. The fourth-order valence-corrected chi connectivity index (χ4v) is 0.767. The molecule has 1 heterocycles. The summed E-state index contributed by atoms with van der Waals surface area (Å²) in [5, 5.41) is 0. The van der Waals surface area contributed by atoms with Crippen LogP contribution in [0.1, 0.15) is 5.56 Å². The lowest BCUT2D eigenvalue weighted by atomic mass is 10.2. The molecule has 0 radical (unpaired) electrons. The summed E-state index contributed by atoms with van der Waals surface area (Å²) in [6.07, 6.45) is 3.39. The summed E-state index contributed by atoms with van der Waals surface area (Å²) in [5.41, 5.74) is 6.34. The third-order valence-electron chi connectivity index (χ3n) is 1.30. The highest BCUT2D eigenvalue weighted by Crippen LogP contribution is 2.13. The van der Waals surface area contributed by atoms with Crippen LogP contribution < -0.4 is 10.5 Å². The number of methoxy groups -OCH3 is 1. The van der Waals surface area contributed by atoms with Crippen molar-refractivity contribution in [2.24, 2.45) is 5.73 Å². The Hall–Kier alpha value is -0.510. The SMILES string of the molecule is COc1ccncc1CN.Cl.Cl. The van der Waals surface area contributed by atoms with Crippen LogP contribution in [-0.4, -0.2) is 12.1 Å². The molecule has 0 saturated heterocycles. The highest BCUT2D eigenvalue weighted by molar-refractivity contribution is 5.85. The van der Waals surface area contributed by atoms with Gasteiger partial charge in [0, 0.05) is 24.5 Å². The molecule has 0 bridgehead atoms. The van der Waals surface area contributed by atoms with Gasteiger partial charge in [0.25, 0.3) is 0 Å². The first kappa shape index (κ1) is 14.0. The normalized spacial score (nSPS) is 7.83. The largest absolute Gasteiger partial charge is 0.496 e. The van der Waals surface area contributed by atoms with Crippen LogP contribution >= 0.6 is 24.8 Å². The van der Waals surface area contributed by atoms with Gasteiger partial charge in [-0.15, -0.1) is 24.8 Å². The molecule has 70 valence electrons. The molecule has 12 heavy (non-hydrogen) atoms. The molecular formula is C7H12Cl2N2O. The maximum absolute atomic E-state index is 5.41. The second-order valence-electron chi connectivity index (χ2n) is 1.89. The first-order chi connectivity index (χ1) is 4.88. The van der Waals surface area contributed by atoms with Crippen molar-refractivity contribution in [2.45, 2.75) is 6.54 Å². The zero-order valence-corrected chi connectivity index (χ0v) is 8.32. The number of hydrogen-bond donors (Lipinski definition) is 1. The second-order valence-corrected chi connectivity index (χ2v) is 1.89. The highest BCUT2D eigenvalue weighted by Gasteiger charge is 1.96. The van der Waals surface area contributed by atoms with Crippen molar-refractivity contribution in [1.82, 2.24) is 4.98 Å². The molecule has 0 saturated carbocycles. The third kappa shape index (κ3) is 3.26. The molecule has 5 heteroatoms. The van der Waals surface area contributed by atoms with Crippen molar-refractivity contribution in [2.75, 3.05) is 7.11 Å². The zero-order chi connectivity index (χ0) is 7.40. The first-order valence-corrected chi connectivity index (χ1v) is 3.05. The van der Waals surface area contributed by atoms with E-state index in [-0.39, 0.29) is 24.8 Å². The van der Waals surface area contributed by atoms with Crippen molar-refractivity contribution in [1.29, 1.82) is 0 Å². The molecule has 0 spiro atoms. The minimum Gasteiger partial charge on any atom is -0.496 e. The van der Waals surface area contributed by atoms with Gasteiger partial charge < -0.3 is 10.5 Å². The van der Waals surface area contributed by atoms with Crippen LogP contribution in [0.5, 0.6) is 5.75 Å². The summed E-state index contributed by atoms with van der Waals surface area (Å²) < 4.78 is 5.02. The van der Waals surface area contributed by atoms with Crippen LogP contribution in [0.25, 0.3) is 0 Å². The van der Waals surface area contributed by atoms with E-state index in [1.807, 2.05) is 0 Å². The van der Waals surface area contributed by atoms with E-state index in [0.29, 0.717) is 6.54 Å². The maximum Gasteiger partial charge on any atom is 0.126 e. The minimum absolute atomic E-state index is 0. The molecule has 0 aromatic carbocycles. The maximum atomic E-state index is 5.41. The Labute approximate surface area is 84.1 Å².